The summed E-state index contributed by atoms with van der Waals surface area (Å²) < 4.78 is 0. The molecule has 1 aliphatic rings. The van der Waals surface area contributed by atoms with Crippen LogP contribution < -0.4 is 5.32 Å². The standard InChI is InChI=1S/C15H14N2O3/c16-9-10-5-7-11(8-6-10)17-14(18)12-3-1-2-4-13(12)15(19)20/h1-2,5-8,12-13H,3-4H2,(H,17,18)(H,19,20)/t12-,13-/m1/s1. The fourth-order valence-electron chi connectivity index (χ4n) is 2.24. The van der Waals surface area contributed by atoms with Gasteiger partial charge in [-0.05, 0) is 37.1 Å². The molecule has 0 saturated heterocycles. The SMILES string of the molecule is N#Cc1ccc(NC(=O)[C@@H]2CC=CC[C@H]2C(=O)O)cc1. The number of hydrogen-bond donors (Lipinski definition) is 2. The molecule has 1 amide bonds. The van der Waals surface area contributed by atoms with E-state index >= 15 is 0 Å². The van der Waals surface area contributed by atoms with Crippen LogP contribution in [0.2, 0.25) is 0 Å². The maximum absolute atomic E-state index is 12.2. The molecule has 5 heteroatoms. The molecule has 0 bridgehead atoms. The average molecular weight is 270 g/mol. The van der Waals surface area contributed by atoms with Crippen molar-refractivity contribution in [3.05, 3.63) is 42.0 Å². The second-order valence-corrected chi connectivity index (χ2v) is 4.67. The van der Waals surface area contributed by atoms with Crippen molar-refractivity contribution >= 4 is 17.6 Å². The van der Waals surface area contributed by atoms with Crippen LogP contribution >= 0.6 is 0 Å². The number of rotatable bonds is 3. The molecule has 0 unspecified atom stereocenters. The Bertz CT molecular complexity index is 584. The van der Waals surface area contributed by atoms with E-state index < -0.39 is 17.8 Å². The van der Waals surface area contributed by atoms with Gasteiger partial charge < -0.3 is 10.4 Å². The number of nitriles is 1. The molecule has 0 aliphatic heterocycles. The van der Waals surface area contributed by atoms with Crippen LogP contribution in [0.3, 0.4) is 0 Å². The first-order valence-corrected chi connectivity index (χ1v) is 6.30. The van der Waals surface area contributed by atoms with Gasteiger partial charge in [-0.2, -0.15) is 5.26 Å². The molecular formula is C15H14N2O3. The monoisotopic (exact) mass is 270 g/mol. The molecule has 1 aliphatic carbocycles. The molecule has 0 aromatic heterocycles. The van der Waals surface area contributed by atoms with Gasteiger partial charge in [0.2, 0.25) is 5.91 Å². The first-order valence-electron chi connectivity index (χ1n) is 6.30. The van der Waals surface area contributed by atoms with E-state index in [1.807, 2.05) is 12.1 Å². The lowest BCUT2D eigenvalue weighted by molar-refractivity contribution is -0.146. The lowest BCUT2D eigenvalue weighted by Crippen LogP contribution is -2.34. The number of amides is 1. The van der Waals surface area contributed by atoms with Crippen molar-refractivity contribution in [2.75, 3.05) is 5.32 Å². The normalized spacial score (nSPS) is 20.9. The van der Waals surface area contributed by atoms with Crippen molar-refractivity contribution in [2.45, 2.75) is 12.8 Å². The number of carboxylic acid groups (broad SMARTS) is 1. The molecule has 20 heavy (non-hydrogen) atoms. The van der Waals surface area contributed by atoms with Crippen molar-refractivity contribution < 1.29 is 14.7 Å². The summed E-state index contributed by atoms with van der Waals surface area (Å²) >= 11 is 0. The summed E-state index contributed by atoms with van der Waals surface area (Å²) in [6.07, 6.45) is 4.44. The number of nitrogens with zero attached hydrogens (tertiary/aromatic N) is 1. The van der Waals surface area contributed by atoms with Crippen molar-refractivity contribution in [2.24, 2.45) is 11.8 Å². The Kier molecular flexibility index (Phi) is 4.16. The predicted octanol–water partition coefficient (Wildman–Crippen LogP) is 2.16. The number of benzene rings is 1. The number of nitrogens with one attached hydrogen (secondary N) is 1. The summed E-state index contributed by atoms with van der Waals surface area (Å²) in [5.74, 6) is -2.49. The van der Waals surface area contributed by atoms with E-state index in [1.54, 1.807) is 30.3 Å². The van der Waals surface area contributed by atoms with Crippen molar-refractivity contribution in [1.82, 2.24) is 0 Å². The Balaban J connectivity index is 2.08. The van der Waals surface area contributed by atoms with Crippen molar-refractivity contribution in [3.8, 4) is 6.07 Å². The molecule has 0 heterocycles. The van der Waals surface area contributed by atoms with E-state index in [0.717, 1.165) is 0 Å². The lowest BCUT2D eigenvalue weighted by Gasteiger charge is -2.24. The number of allylic oxidation sites excluding steroid dienone is 2. The number of carbonyl (C=O) groups is 2. The lowest BCUT2D eigenvalue weighted by atomic mass is 9.82. The van der Waals surface area contributed by atoms with Crippen LogP contribution in [0, 0.1) is 23.2 Å². The van der Waals surface area contributed by atoms with E-state index in [1.165, 1.54) is 0 Å². The summed E-state index contributed by atoms with van der Waals surface area (Å²) in [5.41, 5.74) is 1.07. The highest BCUT2D eigenvalue weighted by molar-refractivity contribution is 5.95. The van der Waals surface area contributed by atoms with Gasteiger partial charge in [0.15, 0.2) is 0 Å². The second kappa shape index (κ2) is 6.02. The maximum Gasteiger partial charge on any atom is 0.307 e. The molecule has 5 nitrogen and oxygen atoms in total. The molecule has 0 radical (unpaired) electrons. The highest BCUT2D eigenvalue weighted by Crippen LogP contribution is 2.27. The van der Waals surface area contributed by atoms with E-state index in [2.05, 4.69) is 5.32 Å². The smallest absolute Gasteiger partial charge is 0.307 e. The van der Waals surface area contributed by atoms with Gasteiger partial charge in [-0.3, -0.25) is 9.59 Å². The van der Waals surface area contributed by atoms with Crippen LogP contribution in [-0.2, 0) is 9.59 Å². The minimum absolute atomic E-state index is 0.300. The molecule has 102 valence electrons. The van der Waals surface area contributed by atoms with Crippen molar-refractivity contribution in [3.63, 3.8) is 0 Å². The molecule has 2 N–H and O–H groups in total. The highest BCUT2D eigenvalue weighted by Gasteiger charge is 2.33. The van der Waals surface area contributed by atoms with Crippen LogP contribution in [0.1, 0.15) is 18.4 Å². The Labute approximate surface area is 116 Å². The Morgan fingerprint density at radius 1 is 1.15 bits per heavy atom. The molecule has 2 rings (SSSR count). The first kappa shape index (κ1) is 13.8. The number of hydrogen-bond acceptors (Lipinski definition) is 3. The minimum Gasteiger partial charge on any atom is -0.481 e. The topological polar surface area (TPSA) is 90.2 Å². The highest BCUT2D eigenvalue weighted by atomic mass is 16.4. The molecule has 0 spiro atoms. The number of carboxylic acids is 1. The molecule has 0 fully saturated rings. The third-order valence-corrected chi connectivity index (χ3v) is 3.37. The number of carbonyl (C=O) groups excluding carboxylic acids is 1. The van der Waals surface area contributed by atoms with E-state index in [0.29, 0.717) is 24.1 Å². The third kappa shape index (κ3) is 3.04. The van der Waals surface area contributed by atoms with Crippen LogP contribution in [-0.4, -0.2) is 17.0 Å². The number of aliphatic carboxylic acids is 1. The fraction of sp³-hybridized carbons (Fsp3) is 0.267. The summed E-state index contributed by atoms with van der Waals surface area (Å²) in [5, 5.41) is 20.5. The third-order valence-electron chi connectivity index (χ3n) is 3.37. The van der Waals surface area contributed by atoms with Gasteiger partial charge >= 0.3 is 5.97 Å². The van der Waals surface area contributed by atoms with Gasteiger partial charge in [-0.15, -0.1) is 0 Å². The van der Waals surface area contributed by atoms with Crippen molar-refractivity contribution in [1.29, 1.82) is 5.26 Å². The van der Waals surface area contributed by atoms with E-state index in [9.17, 15) is 9.59 Å². The van der Waals surface area contributed by atoms with Gasteiger partial charge in [0, 0.05) is 5.69 Å². The van der Waals surface area contributed by atoms with Gasteiger partial charge in [0.25, 0.3) is 0 Å². The van der Waals surface area contributed by atoms with Gasteiger partial charge in [-0.1, -0.05) is 12.2 Å². The average Bonchev–Trinajstić information content (AvgIpc) is 2.48. The molecule has 1 aromatic rings. The fourth-order valence-corrected chi connectivity index (χ4v) is 2.24. The summed E-state index contributed by atoms with van der Waals surface area (Å²) in [6.45, 7) is 0. The summed E-state index contributed by atoms with van der Waals surface area (Å²) in [4.78, 5) is 23.3. The molecular weight excluding hydrogens is 256 g/mol. The van der Waals surface area contributed by atoms with Gasteiger partial charge in [0.1, 0.15) is 0 Å². The van der Waals surface area contributed by atoms with Gasteiger partial charge in [-0.25, -0.2) is 0 Å². The van der Waals surface area contributed by atoms with Crippen LogP contribution in [0.5, 0.6) is 0 Å². The van der Waals surface area contributed by atoms with Gasteiger partial charge in [0.05, 0.1) is 23.5 Å². The van der Waals surface area contributed by atoms with Crippen LogP contribution in [0.15, 0.2) is 36.4 Å². The van der Waals surface area contributed by atoms with Crippen LogP contribution in [0.4, 0.5) is 5.69 Å². The predicted molar refractivity (Wildman–Crippen MR) is 72.8 cm³/mol. The first-order chi connectivity index (χ1) is 9.61. The summed E-state index contributed by atoms with van der Waals surface area (Å²) in [6, 6.07) is 8.46. The Hall–Kier alpha value is -2.61. The molecule has 0 saturated carbocycles. The number of anilines is 1. The van der Waals surface area contributed by atoms with E-state index in [-0.39, 0.29) is 5.91 Å². The largest absolute Gasteiger partial charge is 0.481 e. The minimum atomic E-state index is -0.950. The zero-order valence-corrected chi connectivity index (χ0v) is 10.7. The zero-order chi connectivity index (χ0) is 14.5. The second-order valence-electron chi connectivity index (χ2n) is 4.67. The Morgan fingerprint density at radius 3 is 2.30 bits per heavy atom. The zero-order valence-electron chi connectivity index (χ0n) is 10.7. The quantitative estimate of drug-likeness (QED) is 0.823. The van der Waals surface area contributed by atoms with Crippen LogP contribution in [0.25, 0.3) is 0 Å². The molecule has 1 aromatic carbocycles. The molecule has 2 atom stereocenters. The maximum atomic E-state index is 12.2. The Morgan fingerprint density at radius 2 is 1.75 bits per heavy atom. The van der Waals surface area contributed by atoms with E-state index in [4.69, 9.17) is 10.4 Å². The summed E-state index contributed by atoms with van der Waals surface area (Å²) in [7, 11) is 0.